The molecule has 1 aliphatic rings. The van der Waals surface area contributed by atoms with Crippen LogP contribution >= 0.6 is 0 Å². The van der Waals surface area contributed by atoms with Crippen LogP contribution in [0.4, 0.5) is 0 Å². The van der Waals surface area contributed by atoms with Gasteiger partial charge in [0.05, 0.1) is 0 Å². The highest BCUT2D eigenvalue weighted by molar-refractivity contribution is 5.98. The third kappa shape index (κ3) is 1.79. The molecule has 0 aromatic carbocycles. The Bertz CT molecular complexity index is 407. The normalized spacial score (nSPS) is 14.9. The Morgan fingerprint density at radius 3 is 3.07 bits per heavy atom. The van der Waals surface area contributed by atoms with Crippen LogP contribution in [0.3, 0.4) is 0 Å². The number of nitrogens with one attached hydrogen (secondary N) is 1. The monoisotopic (exact) mass is 206 g/mol. The molecule has 15 heavy (non-hydrogen) atoms. The molecule has 1 aliphatic carbocycles. The largest absolute Gasteiger partial charge is 0.358 e. The van der Waals surface area contributed by atoms with Crippen LogP contribution in [0.15, 0.2) is 12.3 Å². The predicted octanol–water partition coefficient (Wildman–Crippen LogP) is 0.753. The van der Waals surface area contributed by atoms with Crippen LogP contribution in [0.1, 0.15) is 28.9 Å². The number of likely N-dealkylation sites (N-methyl/N-ethyl adjacent to an activating group) is 1. The lowest BCUT2D eigenvalue weighted by molar-refractivity contribution is -0.121. The van der Waals surface area contributed by atoms with Crippen molar-refractivity contribution in [2.24, 2.45) is 0 Å². The average molecular weight is 206 g/mol. The summed E-state index contributed by atoms with van der Waals surface area (Å²) in [7, 11) is 1.61. The predicted molar refractivity (Wildman–Crippen MR) is 55.8 cm³/mol. The van der Waals surface area contributed by atoms with E-state index in [-0.39, 0.29) is 11.7 Å². The van der Waals surface area contributed by atoms with Crippen molar-refractivity contribution in [3.8, 4) is 0 Å². The maximum Gasteiger partial charge on any atom is 0.239 e. The number of hydrogen-bond donors (Lipinski definition) is 1. The topological polar surface area (TPSA) is 51.1 Å². The molecule has 4 heteroatoms. The fraction of sp³-hybridized carbons (Fsp3) is 0.455. The van der Waals surface area contributed by atoms with Gasteiger partial charge in [0, 0.05) is 30.9 Å². The Kier molecular flexibility index (Phi) is 2.58. The van der Waals surface area contributed by atoms with Crippen molar-refractivity contribution < 1.29 is 9.59 Å². The lowest BCUT2D eigenvalue weighted by Gasteiger charge is -2.14. The first-order valence-electron chi connectivity index (χ1n) is 5.14. The first-order valence-corrected chi connectivity index (χ1v) is 5.14. The van der Waals surface area contributed by atoms with Crippen LogP contribution in [-0.2, 0) is 17.8 Å². The second-order valence-electron chi connectivity index (χ2n) is 3.75. The van der Waals surface area contributed by atoms with E-state index in [1.165, 1.54) is 0 Å². The van der Waals surface area contributed by atoms with Crippen LogP contribution < -0.4 is 5.32 Å². The van der Waals surface area contributed by atoms with Gasteiger partial charge in [0.2, 0.25) is 5.91 Å². The molecule has 0 radical (unpaired) electrons. The number of fused-ring (bicyclic) bond motifs is 1. The summed E-state index contributed by atoms with van der Waals surface area (Å²) in [6.45, 7) is 0.305. The molecule has 1 heterocycles. The first-order chi connectivity index (χ1) is 7.22. The molecule has 0 aliphatic heterocycles. The van der Waals surface area contributed by atoms with Gasteiger partial charge in [-0.05, 0) is 18.9 Å². The highest BCUT2D eigenvalue weighted by Gasteiger charge is 2.20. The first kappa shape index (κ1) is 9.96. The minimum absolute atomic E-state index is 0.0357. The second kappa shape index (κ2) is 3.88. The van der Waals surface area contributed by atoms with Crippen LogP contribution in [0.5, 0.6) is 0 Å². The van der Waals surface area contributed by atoms with Crippen molar-refractivity contribution in [3.63, 3.8) is 0 Å². The molecule has 1 aromatic heterocycles. The smallest absolute Gasteiger partial charge is 0.239 e. The zero-order valence-corrected chi connectivity index (χ0v) is 8.75. The average Bonchev–Trinajstić information content (AvgIpc) is 2.63. The van der Waals surface area contributed by atoms with Crippen molar-refractivity contribution in [1.82, 2.24) is 9.88 Å². The minimum atomic E-state index is -0.0357. The summed E-state index contributed by atoms with van der Waals surface area (Å²) in [5, 5.41) is 2.58. The summed E-state index contributed by atoms with van der Waals surface area (Å²) in [5.74, 6) is 0.165. The molecular weight excluding hydrogens is 192 g/mol. The number of amides is 1. The van der Waals surface area contributed by atoms with Gasteiger partial charge in [-0.1, -0.05) is 0 Å². The number of hydrogen-bond acceptors (Lipinski definition) is 2. The highest BCUT2D eigenvalue weighted by Crippen LogP contribution is 2.22. The number of rotatable bonds is 2. The van der Waals surface area contributed by atoms with E-state index in [0.29, 0.717) is 13.0 Å². The molecule has 1 aromatic rings. The maximum atomic E-state index is 11.5. The third-order valence-corrected chi connectivity index (χ3v) is 2.79. The Morgan fingerprint density at radius 2 is 2.33 bits per heavy atom. The van der Waals surface area contributed by atoms with E-state index in [0.717, 1.165) is 24.1 Å². The fourth-order valence-corrected chi connectivity index (χ4v) is 1.97. The third-order valence-electron chi connectivity index (χ3n) is 2.79. The summed E-state index contributed by atoms with van der Waals surface area (Å²) in [6, 6.07) is 1.82. The molecule has 4 nitrogen and oxygen atoms in total. The Morgan fingerprint density at radius 1 is 1.53 bits per heavy atom. The van der Waals surface area contributed by atoms with E-state index in [1.54, 1.807) is 7.05 Å². The Labute approximate surface area is 88.3 Å². The van der Waals surface area contributed by atoms with Crippen molar-refractivity contribution in [1.29, 1.82) is 0 Å². The van der Waals surface area contributed by atoms with Gasteiger partial charge in [-0.3, -0.25) is 9.59 Å². The number of carbonyl (C=O) groups excluding carboxylic acids is 2. The number of Topliss-reactive ketones (excluding diaryl/α,β-unsaturated/α-hetero) is 1. The second-order valence-corrected chi connectivity index (χ2v) is 3.75. The summed E-state index contributed by atoms with van der Waals surface area (Å²) in [6.07, 6.45) is 4.24. The maximum absolute atomic E-state index is 11.5. The number of carbonyl (C=O) groups is 2. The summed E-state index contributed by atoms with van der Waals surface area (Å²) >= 11 is 0. The molecule has 0 spiro atoms. The lowest BCUT2D eigenvalue weighted by Crippen LogP contribution is -2.25. The fourth-order valence-electron chi connectivity index (χ4n) is 1.97. The molecule has 1 N–H and O–H groups in total. The van der Waals surface area contributed by atoms with Gasteiger partial charge >= 0.3 is 0 Å². The molecule has 0 saturated carbocycles. The Hall–Kier alpha value is -1.58. The number of aromatic nitrogens is 1. The molecule has 80 valence electrons. The van der Waals surface area contributed by atoms with Crippen LogP contribution in [0.25, 0.3) is 0 Å². The highest BCUT2D eigenvalue weighted by atomic mass is 16.2. The SMILES string of the molecule is CNC(=O)Cn1ccc2c1CCCC2=O. The quantitative estimate of drug-likeness (QED) is 0.776. The molecule has 0 saturated heterocycles. The van der Waals surface area contributed by atoms with Gasteiger partial charge in [-0.25, -0.2) is 0 Å². The van der Waals surface area contributed by atoms with E-state index >= 15 is 0 Å². The zero-order chi connectivity index (χ0) is 10.8. The summed E-state index contributed by atoms with van der Waals surface area (Å²) in [4.78, 5) is 22.8. The molecule has 0 fully saturated rings. The van der Waals surface area contributed by atoms with Crippen molar-refractivity contribution >= 4 is 11.7 Å². The molecule has 0 bridgehead atoms. The molecule has 0 atom stereocenters. The molecule has 2 rings (SSSR count). The summed E-state index contributed by atoms with van der Waals surface area (Å²) < 4.78 is 1.87. The molecular formula is C11H14N2O2. The molecule has 0 unspecified atom stereocenters. The standard InChI is InChI=1S/C11H14N2O2/c1-12-11(15)7-13-6-5-8-9(13)3-2-4-10(8)14/h5-6H,2-4,7H2,1H3,(H,12,15). The van der Waals surface area contributed by atoms with Crippen LogP contribution in [0, 0.1) is 0 Å². The molecule has 1 amide bonds. The van der Waals surface area contributed by atoms with Gasteiger partial charge in [0.15, 0.2) is 5.78 Å². The van der Waals surface area contributed by atoms with Gasteiger partial charge in [0.25, 0.3) is 0 Å². The van der Waals surface area contributed by atoms with E-state index < -0.39 is 0 Å². The zero-order valence-electron chi connectivity index (χ0n) is 8.75. The van der Waals surface area contributed by atoms with Crippen LogP contribution in [0.2, 0.25) is 0 Å². The van der Waals surface area contributed by atoms with E-state index in [2.05, 4.69) is 5.32 Å². The van der Waals surface area contributed by atoms with E-state index in [9.17, 15) is 9.59 Å². The number of ketones is 1. The van der Waals surface area contributed by atoms with Gasteiger partial charge in [0.1, 0.15) is 6.54 Å². The van der Waals surface area contributed by atoms with Crippen molar-refractivity contribution in [2.45, 2.75) is 25.8 Å². The minimum Gasteiger partial charge on any atom is -0.358 e. The Balaban J connectivity index is 2.27. The van der Waals surface area contributed by atoms with Crippen molar-refractivity contribution in [3.05, 3.63) is 23.5 Å². The van der Waals surface area contributed by atoms with E-state index in [4.69, 9.17) is 0 Å². The van der Waals surface area contributed by atoms with E-state index in [1.807, 2.05) is 16.8 Å². The van der Waals surface area contributed by atoms with Gasteiger partial charge in [-0.2, -0.15) is 0 Å². The van der Waals surface area contributed by atoms with Gasteiger partial charge in [-0.15, -0.1) is 0 Å². The number of nitrogens with zero attached hydrogens (tertiary/aromatic N) is 1. The summed E-state index contributed by atoms with van der Waals surface area (Å²) in [5.41, 5.74) is 1.81. The van der Waals surface area contributed by atoms with Crippen LogP contribution in [-0.4, -0.2) is 23.3 Å². The van der Waals surface area contributed by atoms with Gasteiger partial charge < -0.3 is 9.88 Å². The van der Waals surface area contributed by atoms with Crippen molar-refractivity contribution in [2.75, 3.05) is 7.05 Å². The lowest BCUT2D eigenvalue weighted by atomic mass is 9.97.